The normalized spacial score (nSPS) is 34.5. The largest absolute Gasteiger partial charge is 0.340 e. The topological polar surface area (TPSA) is 57.7 Å². The van der Waals surface area contributed by atoms with Crippen LogP contribution >= 0.6 is 0 Å². The average molecular weight is 417 g/mol. The van der Waals surface area contributed by atoms with Gasteiger partial charge >= 0.3 is 0 Å². The molecule has 5 fully saturated rings. The number of carbonyl (C=O) groups excluding carboxylic acids is 1. The Bertz CT molecular complexity index is 824. The van der Waals surface area contributed by atoms with E-state index < -0.39 is 10.0 Å². The first-order valence-electron chi connectivity index (χ1n) is 11.2. The van der Waals surface area contributed by atoms with Gasteiger partial charge in [0.15, 0.2) is 0 Å². The predicted molar refractivity (Wildman–Crippen MR) is 112 cm³/mol. The number of hydrogen-bond acceptors (Lipinski definition) is 3. The van der Waals surface area contributed by atoms with Gasteiger partial charge in [-0.05, 0) is 67.3 Å². The summed E-state index contributed by atoms with van der Waals surface area (Å²) in [5.74, 6) is 2.86. The van der Waals surface area contributed by atoms with E-state index in [1.807, 2.05) is 35.2 Å². The number of rotatable bonds is 5. The third-order valence-corrected chi connectivity index (χ3v) is 9.72. The Morgan fingerprint density at radius 1 is 0.897 bits per heavy atom. The maximum Gasteiger partial charge on any atom is 0.223 e. The fourth-order valence-corrected chi connectivity index (χ4v) is 8.55. The molecule has 6 rings (SSSR count). The van der Waals surface area contributed by atoms with Crippen LogP contribution in [0.1, 0.15) is 50.5 Å². The Balaban J connectivity index is 1.17. The van der Waals surface area contributed by atoms with E-state index in [2.05, 4.69) is 0 Å². The van der Waals surface area contributed by atoms with Crippen molar-refractivity contribution >= 4 is 15.9 Å². The Morgan fingerprint density at radius 2 is 1.45 bits per heavy atom. The minimum absolute atomic E-state index is 0.0368. The second-order valence-corrected chi connectivity index (χ2v) is 12.1. The van der Waals surface area contributed by atoms with Crippen molar-refractivity contribution in [1.29, 1.82) is 0 Å². The van der Waals surface area contributed by atoms with Crippen LogP contribution in [0, 0.1) is 23.2 Å². The molecule has 0 aromatic heterocycles. The highest BCUT2D eigenvalue weighted by molar-refractivity contribution is 7.88. The zero-order valence-corrected chi connectivity index (χ0v) is 17.9. The number of nitrogens with zero attached hydrogens (tertiary/aromatic N) is 2. The van der Waals surface area contributed by atoms with Gasteiger partial charge in [0.2, 0.25) is 15.9 Å². The average Bonchev–Trinajstić information content (AvgIpc) is 2.67. The van der Waals surface area contributed by atoms with Crippen LogP contribution in [0.2, 0.25) is 0 Å². The molecule has 158 valence electrons. The summed E-state index contributed by atoms with van der Waals surface area (Å²) >= 11 is 0. The van der Waals surface area contributed by atoms with Gasteiger partial charge in [-0.15, -0.1) is 0 Å². The van der Waals surface area contributed by atoms with Crippen molar-refractivity contribution < 1.29 is 13.2 Å². The summed E-state index contributed by atoms with van der Waals surface area (Å²) in [6.45, 7) is 1.89. The van der Waals surface area contributed by atoms with Crippen molar-refractivity contribution in [3.8, 4) is 0 Å². The molecule has 0 atom stereocenters. The van der Waals surface area contributed by atoms with Crippen molar-refractivity contribution in [1.82, 2.24) is 9.21 Å². The molecule has 4 saturated carbocycles. The molecule has 29 heavy (non-hydrogen) atoms. The third kappa shape index (κ3) is 3.98. The quantitative estimate of drug-likeness (QED) is 0.740. The van der Waals surface area contributed by atoms with Crippen molar-refractivity contribution in [2.24, 2.45) is 23.2 Å². The van der Waals surface area contributed by atoms with E-state index in [1.54, 1.807) is 4.31 Å². The molecular weight excluding hydrogens is 384 g/mol. The van der Waals surface area contributed by atoms with Gasteiger partial charge in [0.1, 0.15) is 0 Å². The van der Waals surface area contributed by atoms with Crippen molar-refractivity contribution in [3.63, 3.8) is 0 Å². The third-order valence-electron chi connectivity index (χ3n) is 7.87. The molecule has 0 radical (unpaired) electrons. The Morgan fingerprint density at radius 3 is 2.00 bits per heavy atom. The van der Waals surface area contributed by atoms with Crippen molar-refractivity contribution in [3.05, 3.63) is 35.9 Å². The molecule has 1 aromatic rings. The molecule has 5 aliphatic rings. The van der Waals surface area contributed by atoms with E-state index in [0.717, 1.165) is 23.3 Å². The fourth-order valence-electron chi connectivity index (χ4n) is 7.03. The SMILES string of the molecule is O=C(CC12CC3CC(CC(C3)C1)C2)N1CCN(S(=O)(=O)Cc2ccccc2)CC1. The summed E-state index contributed by atoms with van der Waals surface area (Å²) in [6, 6.07) is 9.33. The van der Waals surface area contributed by atoms with Gasteiger partial charge in [-0.1, -0.05) is 30.3 Å². The second-order valence-electron chi connectivity index (χ2n) is 10.1. The van der Waals surface area contributed by atoms with Crippen LogP contribution in [0.5, 0.6) is 0 Å². The summed E-state index contributed by atoms with van der Waals surface area (Å²) in [5.41, 5.74) is 1.07. The monoisotopic (exact) mass is 416 g/mol. The molecule has 5 nitrogen and oxygen atoms in total. The Kier molecular flexibility index (Phi) is 4.98. The zero-order chi connectivity index (χ0) is 20.1. The van der Waals surface area contributed by atoms with Gasteiger partial charge in [0.25, 0.3) is 0 Å². The van der Waals surface area contributed by atoms with Crippen LogP contribution in [0.4, 0.5) is 0 Å². The number of piperazine rings is 1. The summed E-state index contributed by atoms with van der Waals surface area (Å²) in [7, 11) is -3.33. The Labute approximate surface area is 174 Å². The lowest BCUT2D eigenvalue weighted by atomic mass is 9.49. The van der Waals surface area contributed by atoms with Gasteiger partial charge in [-0.3, -0.25) is 4.79 Å². The molecule has 1 aliphatic heterocycles. The molecule has 4 bridgehead atoms. The maximum atomic E-state index is 13.1. The number of hydrogen-bond donors (Lipinski definition) is 0. The zero-order valence-electron chi connectivity index (χ0n) is 17.1. The first-order chi connectivity index (χ1) is 13.9. The van der Waals surface area contributed by atoms with Gasteiger partial charge in [-0.2, -0.15) is 4.31 Å². The second kappa shape index (κ2) is 7.38. The maximum absolute atomic E-state index is 13.1. The van der Waals surface area contributed by atoms with Crippen LogP contribution < -0.4 is 0 Å². The van der Waals surface area contributed by atoms with Gasteiger partial charge in [0, 0.05) is 32.6 Å². The number of amides is 1. The van der Waals surface area contributed by atoms with Gasteiger partial charge in [-0.25, -0.2) is 8.42 Å². The lowest BCUT2D eigenvalue weighted by Crippen LogP contribution is -2.53. The van der Waals surface area contributed by atoms with Crippen LogP contribution in [0.3, 0.4) is 0 Å². The van der Waals surface area contributed by atoms with Crippen molar-refractivity contribution in [2.75, 3.05) is 26.2 Å². The minimum atomic E-state index is -3.33. The summed E-state index contributed by atoms with van der Waals surface area (Å²) in [5, 5.41) is 0. The highest BCUT2D eigenvalue weighted by Gasteiger charge is 2.51. The molecule has 0 spiro atoms. The van der Waals surface area contributed by atoms with E-state index in [-0.39, 0.29) is 17.1 Å². The van der Waals surface area contributed by atoms with E-state index in [1.165, 1.54) is 38.5 Å². The molecule has 4 aliphatic carbocycles. The van der Waals surface area contributed by atoms with E-state index in [9.17, 15) is 13.2 Å². The van der Waals surface area contributed by atoms with E-state index in [4.69, 9.17) is 0 Å². The minimum Gasteiger partial charge on any atom is -0.340 e. The van der Waals surface area contributed by atoms with Crippen LogP contribution in [-0.2, 0) is 20.6 Å². The predicted octanol–water partition coefficient (Wildman–Crippen LogP) is 3.27. The fraction of sp³-hybridized carbons (Fsp3) is 0.696. The number of carbonyl (C=O) groups is 1. The Hall–Kier alpha value is -1.40. The van der Waals surface area contributed by atoms with E-state index >= 15 is 0 Å². The summed E-state index contributed by atoms with van der Waals surface area (Å²) in [4.78, 5) is 15.0. The van der Waals surface area contributed by atoms with Gasteiger partial charge < -0.3 is 4.90 Å². The highest BCUT2D eigenvalue weighted by Crippen LogP contribution is 2.61. The lowest BCUT2D eigenvalue weighted by molar-refractivity contribution is -0.140. The molecule has 0 N–H and O–H groups in total. The molecule has 1 aromatic carbocycles. The standard InChI is InChI=1S/C23H32N2O3S/c26-22(16-23-13-19-10-20(14-23)12-21(11-19)15-23)24-6-8-25(9-7-24)29(27,28)17-18-4-2-1-3-5-18/h1-5,19-21H,6-17H2. The van der Waals surface area contributed by atoms with Crippen LogP contribution in [0.25, 0.3) is 0 Å². The number of sulfonamides is 1. The van der Waals surface area contributed by atoms with Crippen LogP contribution in [0.15, 0.2) is 30.3 Å². The van der Waals surface area contributed by atoms with Crippen LogP contribution in [-0.4, -0.2) is 49.7 Å². The molecule has 6 heteroatoms. The number of benzene rings is 1. The molecule has 1 saturated heterocycles. The molecule has 0 unspecified atom stereocenters. The van der Waals surface area contributed by atoms with Gasteiger partial charge in [0.05, 0.1) is 5.75 Å². The highest BCUT2D eigenvalue weighted by atomic mass is 32.2. The lowest BCUT2D eigenvalue weighted by Gasteiger charge is -2.57. The smallest absolute Gasteiger partial charge is 0.223 e. The molecular formula is C23H32N2O3S. The first-order valence-corrected chi connectivity index (χ1v) is 12.8. The first kappa shape index (κ1) is 19.6. The summed E-state index contributed by atoms with van der Waals surface area (Å²) < 4.78 is 27.1. The molecule has 1 heterocycles. The van der Waals surface area contributed by atoms with Crippen molar-refractivity contribution in [2.45, 2.75) is 50.7 Å². The van der Waals surface area contributed by atoms with E-state index in [0.29, 0.717) is 32.6 Å². The summed E-state index contributed by atoms with van der Waals surface area (Å²) in [6.07, 6.45) is 8.61. The molecule has 1 amide bonds.